The van der Waals surface area contributed by atoms with Crippen LogP contribution in [-0.2, 0) is 38.5 Å². The molecule has 9 heteroatoms. The lowest BCUT2D eigenvalue weighted by molar-refractivity contribution is -0.145. The van der Waals surface area contributed by atoms with Crippen molar-refractivity contribution in [3.05, 3.63) is 105 Å². The number of carbonyl (C=O) groups is 3. The van der Waals surface area contributed by atoms with E-state index in [4.69, 9.17) is 21.1 Å². The minimum atomic E-state index is -1.00. The van der Waals surface area contributed by atoms with Crippen LogP contribution in [-0.4, -0.2) is 37.2 Å². The van der Waals surface area contributed by atoms with Crippen molar-refractivity contribution in [3.63, 3.8) is 0 Å². The number of hydrogen-bond acceptors (Lipinski definition) is 5. The van der Waals surface area contributed by atoms with Gasteiger partial charge in [0.25, 0.3) is 0 Å². The van der Waals surface area contributed by atoms with Crippen LogP contribution < -0.4 is 10.6 Å². The Balaban J connectivity index is 1.74. The van der Waals surface area contributed by atoms with E-state index in [1.807, 2.05) is 60.7 Å². The third-order valence-corrected chi connectivity index (χ3v) is 6.35. The van der Waals surface area contributed by atoms with E-state index in [1.54, 1.807) is 18.2 Å². The first kappa shape index (κ1) is 27.2. The third kappa shape index (κ3) is 8.39. The fourth-order valence-corrected chi connectivity index (χ4v) is 4.10. The highest BCUT2D eigenvalue weighted by Gasteiger charge is 2.28. The van der Waals surface area contributed by atoms with Crippen LogP contribution in [0.2, 0.25) is 5.02 Å². The zero-order valence-corrected chi connectivity index (χ0v) is 21.9. The number of methoxy groups -OCH3 is 1. The zero-order chi connectivity index (χ0) is 25.9. The molecule has 0 unspecified atom stereocenters. The molecule has 3 rings (SSSR count). The van der Waals surface area contributed by atoms with Gasteiger partial charge in [-0.25, -0.2) is 9.59 Å². The van der Waals surface area contributed by atoms with Crippen molar-refractivity contribution in [2.75, 3.05) is 7.11 Å². The maximum absolute atomic E-state index is 13.3. The fraction of sp³-hybridized carbons (Fsp3) is 0.222. The van der Waals surface area contributed by atoms with E-state index in [1.165, 1.54) is 7.11 Å². The molecule has 2 amide bonds. The van der Waals surface area contributed by atoms with Gasteiger partial charge in [0.15, 0.2) is 0 Å². The summed E-state index contributed by atoms with van der Waals surface area (Å²) < 4.78 is 10.9. The van der Waals surface area contributed by atoms with E-state index in [-0.39, 0.29) is 19.4 Å². The number of ether oxygens (including phenoxy) is 2. The van der Waals surface area contributed by atoms with Crippen LogP contribution in [0.15, 0.2) is 83.3 Å². The average molecular weight is 574 g/mol. The molecule has 0 aliphatic carbocycles. The summed E-state index contributed by atoms with van der Waals surface area (Å²) in [6, 6.07) is 21.6. The van der Waals surface area contributed by atoms with E-state index >= 15 is 0 Å². The van der Waals surface area contributed by atoms with Crippen molar-refractivity contribution < 1.29 is 23.9 Å². The molecule has 0 spiro atoms. The SMILES string of the molecule is COC(=O)[C@@H](Cc1cc(Cl)ccc1Br)NC(=O)[C@@H](Cc1ccccc1)NC(=O)OCc1ccccc1. The number of rotatable bonds is 10. The number of nitrogens with one attached hydrogen (secondary N) is 2. The number of esters is 1. The molecule has 188 valence electrons. The summed E-state index contributed by atoms with van der Waals surface area (Å²) >= 11 is 9.55. The maximum Gasteiger partial charge on any atom is 0.408 e. The Labute approximate surface area is 223 Å². The Bertz CT molecular complexity index is 1180. The zero-order valence-electron chi connectivity index (χ0n) is 19.6. The Hall–Kier alpha value is -3.36. The molecule has 3 aromatic rings. The quantitative estimate of drug-likeness (QED) is 0.339. The highest BCUT2D eigenvalue weighted by molar-refractivity contribution is 9.10. The molecule has 0 aliphatic rings. The summed E-state index contributed by atoms with van der Waals surface area (Å²) in [5.74, 6) is -1.18. The van der Waals surface area contributed by atoms with E-state index in [9.17, 15) is 14.4 Å². The molecule has 0 aliphatic heterocycles. The smallest absolute Gasteiger partial charge is 0.408 e. The van der Waals surface area contributed by atoms with Crippen LogP contribution in [0.5, 0.6) is 0 Å². The van der Waals surface area contributed by atoms with Gasteiger partial charge in [-0.2, -0.15) is 0 Å². The molecular weight excluding hydrogens is 548 g/mol. The molecule has 0 aromatic heterocycles. The van der Waals surface area contributed by atoms with Crippen molar-refractivity contribution >= 4 is 45.5 Å². The normalized spacial score (nSPS) is 12.2. The molecule has 2 atom stereocenters. The molecule has 3 aromatic carbocycles. The Morgan fingerprint density at radius 1 is 0.861 bits per heavy atom. The molecule has 36 heavy (non-hydrogen) atoms. The van der Waals surface area contributed by atoms with Gasteiger partial charge in [-0.15, -0.1) is 0 Å². The van der Waals surface area contributed by atoms with Crippen molar-refractivity contribution in [3.8, 4) is 0 Å². The number of halogens is 2. The van der Waals surface area contributed by atoms with Gasteiger partial charge < -0.3 is 20.1 Å². The highest BCUT2D eigenvalue weighted by atomic mass is 79.9. The van der Waals surface area contributed by atoms with Crippen molar-refractivity contribution in [2.45, 2.75) is 31.5 Å². The summed E-state index contributed by atoms with van der Waals surface area (Å²) in [5, 5.41) is 5.83. The van der Waals surface area contributed by atoms with E-state index in [2.05, 4.69) is 26.6 Å². The third-order valence-electron chi connectivity index (χ3n) is 5.34. The summed E-state index contributed by atoms with van der Waals surface area (Å²) in [6.45, 7) is 0.0555. The molecule has 7 nitrogen and oxygen atoms in total. The van der Waals surface area contributed by atoms with Crippen LogP contribution in [0, 0.1) is 0 Å². The van der Waals surface area contributed by atoms with Gasteiger partial charge in [0.2, 0.25) is 5.91 Å². The first-order valence-electron chi connectivity index (χ1n) is 11.2. The van der Waals surface area contributed by atoms with Crippen LogP contribution in [0.4, 0.5) is 4.79 Å². The van der Waals surface area contributed by atoms with Crippen molar-refractivity contribution in [1.82, 2.24) is 10.6 Å². The summed E-state index contributed by atoms with van der Waals surface area (Å²) in [4.78, 5) is 38.4. The summed E-state index contributed by atoms with van der Waals surface area (Å²) in [5.41, 5.74) is 2.36. The largest absolute Gasteiger partial charge is 0.467 e. The number of alkyl carbamates (subject to hydrolysis) is 1. The molecule has 0 saturated heterocycles. The van der Waals surface area contributed by atoms with Crippen LogP contribution in [0.3, 0.4) is 0 Å². The summed E-state index contributed by atoms with van der Waals surface area (Å²) in [7, 11) is 1.25. The minimum Gasteiger partial charge on any atom is -0.467 e. The van der Waals surface area contributed by atoms with E-state index in [0.717, 1.165) is 15.6 Å². The minimum absolute atomic E-state index is 0.0555. The van der Waals surface area contributed by atoms with Crippen molar-refractivity contribution in [2.24, 2.45) is 0 Å². The van der Waals surface area contributed by atoms with E-state index < -0.39 is 30.1 Å². The molecule has 0 heterocycles. The van der Waals surface area contributed by atoms with Gasteiger partial charge in [-0.05, 0) is 34.9 Å². The highest BCUT2D eigenvalue weighted by Crippen LogP contribution is 2.23. The lowest BCUT2D eigenvalue weighted by atomic mass is 10.0. The van der Waals surface area contributed by atoms with Gasteiger partial charge in [-0.3, -0.25) is 4.79 Å². The fourth-order valence-electron chi connectivity index (χ4n) is 3.49. The Kier molecular flexibility index (Phi) is 10.3. The average Bonchev–Trinajstić information content (AvgIpc) is 2.89. The second-order valence-corrected chi connectivity index (χ2v) is 9.26. The first-order valence-corrected chi connectivity index (χ1v) is 12.4. The predicted octanol–water partition coefficient (Wildman–Crippen LogP) is 4.84. The van der Waals surface area contributed by atoms with Gasteiger partial charge in [0, 0.05) is 22.3 Å². The predicted molar refractivity (Wildman–Crippen MR) is 140 cm³/mol. The van der Waals surface area contributed by atoms with E-state index in [0.29, 0.717) is 10.6 Å². The number of hydrogen-bond donors (Lipinski definition) is 2. The van der Waals surface area contributed by atoms with Crippen LogP contribution in [0.25, 0.3) is 0 Å². The lowest BCUT2D eigenvalue weighted by Crippen LogP contribution is -2.53. The lowest BCUT2D eigenvalue weighted by Gasteiger charge is -2.23. The first-order chi connectivity index (χ1) is 17.4. The molecule has 0 fully saturated rings. The second kappa shape index (κ2) is 13.7. The van der Waals surface area contributed by atoms with Gasteiger partial charge >= 0.3 is 12.1 Å². The molecule has 0 radical (unpaired) electrons. The van der Waals surface area contributed by atoms with Crippen molar-refractivity contribution in [1.29, 1.82) is 0 Å². The maximum atomic E-state index is 13.3. The Morgan fingerprint density at radius 2 is 1.50 bits per heavy atom. The monoisotopic (exact) mass is 572 g/mol. The van der Waals surface area contributed by atoms with Crippen LogP contribution in [0.1, 0.15) is 16.7 Å². The topological polar surface area (TPSA) is 93.7 Å². The van der Waals surface area contributed by atoms with Gasteiger partial charge in [0.1, 0.15) is 18.7 Å². The van der Waals surface area contributed by atoms with Crippen LogP contribution >= 0.6 is 27.5 Å². The number of benzene rings is 3. The Morgan fingerprint density at radius 3 is 2.14 bits per heavy atom. The van der Waals surface area contributed by atoms with Gasteiger partial charge in [-0.1, -0.05) is 88.2 Å². The standard InChI is InChI=1S/C27H26BrClN2O5/c1-35-26(33)24(16-20-15-21(29)12-13-22(20)28)30-25(32)23(14-18-8-4-2-5-9-18)31-27(34)36-17-19-10-6-3-7-11-19/h2-13,15,23-24H,14,16-17H2,1H3,(H,30,32)(H,31,34)/t23-,24-/m1/s1. The molecule has 0 bridgehead atoms. The summed E-state index contributed by atoms with van der Waals surface area (Å²) in [6.07, 6.45) is -0.417. The number of amides is 2. The number of carbonyl (C=O) groups excluding carboxylic acids is 3. The molecule has 2 N–H and O–H groups in total. The molecular formula is C27H26BrClN2O5. The second-order valence-electron chi connectivity index (χ2n) is 7.97. The molecule has 0 saturated carbocycles. The van der Waals surface area contributed by atoms with Gasteiger partial charge in [0.05, 0.1) is 7.11 Å².